The molecule has 160 valence electrons. The summed E-state index contributed by atoms with van der Waals surface area (Å²) in [5.41, 5.74) is 0.0532. The molecule has 2 aliphatic heterocycles. The van der Waals surface area contributed by atoms with E-state index in [0.717, 1.165) is 49.4 Å². The number of halogens is 1. The van der Waals surface area contributed by atoms with E-state index in [1.165, 1.54) is 31.4 Å². The number of thioether (sulfide) groups is 1. The maximum absolute atomic E-state index is 12.0. The number of carbonyl (C=O) groups excluding carboxylic acids is 1. The molecule has 28 heavy (non-hydrogen) atoms. The first-order chi connectivity index (χ1) is 13.0. The standard InChI is InChI=1S/C20H34N4O2S.HI/c1-24(2)18(25)12-21-19(23-17-10-14-3-4-15(17)9-14)22-16-5-7-26-20(11-16)6-8-27-13-20;/h14-17H,3-13H2,1-2H3,(H2,21,22,23);1H. The third-order valence-electron chi connectivity index (χ3n) is 6.83. The number of fused-ring (bicyclic) bond motifs is 2. The number of ether oxygens (including phenoxy) is 1. The molecule has 4 aliphatic rings. The van der Waals surface area contributed by atoms with Gasteiger partial charge in [0.15, 0.2) is 5.96 Å². The molecule has 4 rings (SSSR count). The molecule has 4 fully saturated rings. The van der Waals surface area contributed by atoms with Crippen molar-refractivity contribution in [2.75, 3.05) is 38.8 Å². The highest BCUT2D eigenvalue weighted by atomic mass is 127. The molecule has 1 amide bonds. The van der Waals surface area contributed by atoms with Crippen molar-refractivity contribution in [2.24, 2.45) is 16.8 Å². The number of rotatable bonds is 4. The Hall–Kier alpha value is -0.220. The van der Waals surface area contributed by atoms with E-state index in [9.17, 15) is 4.79 Å². The zero-order chi connectivity index (χ0) is 18.9. The predicted molar refractivity (Wildman–Crippen MR) is 126 cm³/mol. The van der Waals surface area contributed by atoms with E-state index in [-0.39, 0.29) is 42.0 Å². The molecule has 0 aromatic heterocycles. The van der Waals surface area contributed by atoms with Crippen molar-refractivity contribution in [3.8, 4) is 0 Å². The van der Waals surface area contributed by atoms with Gasteiger partial charge >= 0.3 is 0 Å². The van der Waals surface area contributed by atoms with Gasteiger partial charge in [0.2, 0.25) is 5.91 Å². The average Bonchev–Trinajstić information content (AvgIpc) is 3.37. The van der Waals surface area contributed by atoms with Gasteiger partial charge in [0.05, 0.1) is 5.60 Å². The number of hydrogen-bond acceptors (Lipinski definition) is 4. The van der Waals surface area contributed by atoms with Crippen LogP contribution in [0.15, 0.2) is 4.99 Å². The molecular formula is C20H35IN4O2S. The van der Waals surface area contributed by atoms with E-state index in [4.69, 9.17) is 4.74 Å². The van der Waals surface area contributed by atoms with Crippen molar-refractivity contribution in [1.82, 2.24) is 15.5 Å². The molecule has 2 saturated carbocycles. The third kappa shape index (κ3) is 5.28. The minimum Gasteiger partial charge on any atom is -0.374 e. The predicted octanol–water partition coefficient (Wildman–Crippen LogP) is 2.47. The van der Waals surface area contributed by atoms with Gasteiger partial charge in [-0.2, -0.15) is 11.8 Å². The summed E-state index contributed by atoms with van der Waals surface area (Å²) in [5.74, 6) is 4.85. The lowest BCUT2D eigenvalue weighted by molar-refractivity contribution is -0.127. The van der Waals surface area contributed by atoms with Crippen molar-refractivity contribution < 1.29 is 9.53 Å². The SMILES string of the molecule is CN(C)C(=O)CN=C(NC1CCOC2(CCSC2)C1)NC1CC2CCC1C2.I. The molecule has 5 atom stereocenters. The van der Waals surface area contributed by atoms with Gasteiger partial charge in [-0.25, -0.2) is 4.99 Å². The molecule has 2 bridgehead atoms. The number of aliphatic imine (C=N–C) groups is 1. The largest absolute Gasteiger partial charge is 0.374 e. The molecule has 0 radical (unpaired) electrons. The van der Waals surface area contributed by atoms with Crippen LogP contribution in [-0.4, -0.2) is 73.2 Å². The second kappa shape index (κ2) is 9.73. The number of guanidine groups is 1. The summed E-state index contributed by atoms with van der Waals surface area (Å²) in [4.78, 5) is 18.3. The molecular weight excluding hydrogens is 487 g/mol. The molecule has 2 heterocycles. The fraction of sp³-hybridized carbons (Fsp3) is 0.900. The van der Waals surface area contributed by atoms with Crippen LogP contribution in [0.25, 0.3) is 0 Å². The Labute approximate surface area is 190 Å². The molecule has 2 aliphatic carbocycles. The van der Waals surface area contributed by atoms with Crippen LogP contribution < -0.4 is 10.6 Å². The second-order valence-corrected chi connectivity index (χ2v) is 10.2. The molecule has 6 nitrogen and oxygen atoms in total. The van der Waals surface area contributed by atoms with Gasteiger partial charge < -0.3 is 20.3 Å². The summed E-state index contributed by atoms with van der Waals surface area (Å²) >= 11 is 2.00. The van der Waals surface area contributed by atoms with E-state index in [1.807, 2.05) is 11.8 Å². The van der Waals surface area contributed by atoms with Gasteiger partial charge in [0.25, 0.3) is 0 Å². The Morgan fingerprint density at radius 1 is 1.25 bits per heavy atom. The monoisotopic (exact) mass is 522 g/mol. The second-order valence-electron chi connectivity index (χ2n) is 9.05. The minimum atomic E-state index is 0. The number of hydrogen-bond donors (Lipinski definition) is 2. The highest BCUT2D eigenvalue weighted by Crippen LogP contribution is 2.44. The third-order valence-corrected chi connectivity index (χ3v) is 8.06. The van der Waals surface area contributed by atoms with Crippen molar-refractivity contribution in [2.45, 2.75) is 62.6 Å². The molecule has 2 N–H and O–H groups in total. The average molecular weight is 522 g/mol. The lowest BCUT2D eigenvalue weighted by Gasteiger charge is -2.39. The minimum absolute atomic E-state index is 0. The Bertz CT molecular complexity index is 583. The van der Waals surface area contributed by atoms with Crippen LogP contribution in [0.5, 0.6) is 0 Å². The summed E-state index contributed by atoms with van der Waals surface area (Å²) in [5, 5.41) is 7.36. The smallest absolute Gasteiger partial charge is 0.243 e. The van der Waals surface area contributed by atoms with E-state index in [0.29, 0.717) is 12.1 Å². The Balaban J connectivity index is 0.00000225. The first-order valence-electron chi connectivity index (χ1n) is 10.5. The number of carbonyl (C=O) groups is 1. The summed E-state index contributed by atoms with van der Waals surface area (Å²) in [6, 6.07) is 0.886. The Morgan fingerprint density at radius 3 is 2.75 bits per heavy atom. The molecule has 1 spiro atoms. The van der Waals surface area contributed by atoms with Crippen LogP contribution in [0, 0.1) is 11.8 Å². The molecule has 0 aromatic carbocycles. The van der Waals surface area contributed by atoms with Gasteiger partial charge in [-0.1, -0.05) is 6.42 Å². The molecule has 2 saturated heterocycles. The fourth-order valence-corrected chi connectivity index (χ4v) is 6.60. The quantitative estimate of drug-likeness (QED) is 0.338. The lowest BCUT2D eigenvalue weighted by Crippen LogP contribution is -2.54. The normalized spacial score (nSPS) is 37.0. The van der Waals surface area contributed by atoms with Gasteiger partial charge in [0, 0.05) is 38.5 Å². The van der Waals surface area contributed by atoms with Crippen molar-refractivity contribution in [3.63, 3.8) is 0 Å². The number of likely N-dealkylation sites (N-methyl/N-ethyl adjacent to an activating group) is 1. The summed E-state index contributed by atoms with van der Waals surface area (Å²) in [7, 11) is 3.57. The van der Waals surface area contributed by atoms with Crippen LogP contribution in [0.4, 0.5) is 0 Å². The van der Waals surface area contributed by atoms with Crippen molar-refractivity contribution in [3.05, 3.63) is 0 Å². The van der Waals surface area contributed by atoms with Gasteiger partial charge in [-0.15, -0.1) is 24.0 Å². The first kappa shape index (κ1) is 22.5. The van der Waals surface area contributed by atoms with Crippen molar-refractivity contribution >= 4 is 47.6 Å². The molecule has 0 aromatic rings. The molecule has 5 unspecified atom stereocenters. The summed E-state index contributed by atoms with van der Waals surface area (Å²) < 4.78 is 6.16. The lowest BCUT2D eigenvalue weighted by atomic mass is 9.90. The van der Waals surface area contributed by atoms with Crippen LogP contribution in [0.3, 0.4) is 0 Å². The maximum Gasteiger partial charge on any atom is 0.243 e. The van der Waals surface area contributed by atoms with E-state index in [1.54, 1.807) is 19.0 Å². The highest BCUT2D eigenvalue weighted by molar-refractivity contribution is 14.0. The van der Waals surface area contributed by atoms with Gasteiger partial charge in [-0.3, -0.25) is 4.79 Å². The zero-order valence-electron chi connectivity index (χ0n) is 17.1. The van der Waals surface area contributed by atoms with Crippen LogP contribution in [0.1, 0.15) is 44.9 Å². The van der Waals surface area contributed by atoms with Crippen LogP contribution in [-0.2, 0) is 9.53 Å². The number of nitrogens with zero attached hydrogens (tertiary/aromatic N) is 2. The van der Waals surface area contributed by atoms with E-state index in [2.05, 4.69) is 15.6 Å². The zero-order valence-corrected chi connectivity index (χ0v) is 20.3. The van der Waals surface area contributed by atoms with E-state index >= 15 is 0 Å². The Kier molecular flexibility index (Phi) is 7.80. The first-order valence-corrected chi connectivity index (χ1v) is 11.7. The van der Waals surface area contributed by atoms with Crippen molar-refractivity contribution in [1.29, 1.82) is 0 Å². The van der Waals surface area contributed by atoms with Gasteiger partial charge in [0.1, 0.15) is 6.54 Å². The summed E-state index contributed by atoms with van der Waals surface area (Å²) in [6.45, 7) is 1.02. The summed E-state index contributed by atoms with van der Waals surface area (Å²) in [6.07, 6.45) is 8.54. The van der Waals surface area contributed by atoms with Crippen LogP contribution >= 0.6 is 35.7 Å². The number of amides is 1. The van der Waals surface area contributed by atoms with Gasteiger partial charge in [-0.05, 0) is 56.1 Å². The Morgan fingerprint density at radius 2 is 2.11 bits per heavy atom. The number of nitrogens with one attached hydrogen (secondary N) is 2. The van der Waals surface area contributed by atoms with E-state index < -0.39 is 0 Å². The highest BCUT2D eigenvalue weighted by Gasteiger charge is 2.42. The molecule has 8 heteroatoms. The topological polar surface area (TPSA) is 66.0 Å². The maximum atomic E-state index is 12.0. The fourth-order valence-electron chi connectivity index (χ4n) is 5.23. The van der Waals surface area contributed by atoms with Crippen LogP contribution in [0.2, 0.25) is 0 Å².